The van der Waals surface area contributed by atoms with Crippen LogP contribution in [0, 0.1) is 0 Å². The van der Waals surface area contributed by atoms with Gasteiger partial charge in [0.1, 0.15) is 6.10 Å². The first kappa shape index (κ1) is 17.8. The van der Waals surface area contributed by atoms with Crippen molar-refractivity contribution in [1.29, 1.82) is 0 Å². The van der Waals surface area contributed by atoms with Gasteiger partial charge in [-0.25, -0.2) is 0 Å². The zero-order chi connectivity index (χ0) is 17.9. The Morgan fingerprint density at radius 2 is 2.12 bits per heavy atom. The number of ether oxygens (including phenoxy) is 1. The van der Waals surface area contributed by atoms with Gasteiger partial charge in [-0.1, -0.05) is 0 Å². The fourth-order valence-electron chi connectivity index (χ4n) is 4.17. The number of guanidine groups is 1. The first-order chi connectivity index (χ1) is 12.7. The van der Waals surface area contributed by atoms with Gasteiger partial charge in [-0.2, -0.15) is 5.10 Å². The molecule has 4 aliphatic heterocycles. The van der Waals surface area contributed by atoms with Gasteiger partial charge in [-0.05, 0) is 6.92 Å². The number of hydrogen-bond acceptors (Lipinski definition) is 5. The molecule has 5 heterocycles. The summed E-state index contributed by atoms with van der Waals surface area (Å²) in [6.45, 7) is 12.3. The zero-order valence-corrected chi connectivity index (χ0v) is 16.0. The number of nitrogens with zero attached hydrogens (tertiary/aromatic N) is 6. The molecule has 8 heteroatoms. The van der Waals surface area contributed by atoms with E-state index in [4.69, 9.17) is 9.73 Å². The van der Waals surface area contributed by atoms with Gasteiger partial charge in [-0.15, -0.1) is 0 Å². The number of aliphatic imine (C=N–C) groups is 1. The van der Waals surface area contributed by atoms with Gasteiger partial charge in [0.15, 0.2) is 5.96 Å². The van der Waals surface area contributed by atoms with Crippen molar-refractivity contribution in [2.24, 2.45) is 12.0 Å². The molecule has 4 fully saturated rings. The van der Waals surface area contributed by atoms with E-state index in [0.717, 1.165) is 44.2 Å². The maximum absolute atomic E-state index is 5.98. The van der Waals surface area contributed by atoms with Gasteiger partial charge in [-0.3, -0.25) is 19.5 Å². The second-order valence-electron chi connectivity index (χ2n) is 7.44. The number of aryl methyl sites for hydroxylation is 1. The van der Waals surface area contributed by atoms with Crippen LogP contribution in [0.1, 0.15) is 18.6 Å². The van der Waals surface area contributed by atoms with Gasteiger partial charge >= 0.3 is 0 Å². The highest BCUT2D eigenvalue weighted by molar-refractivity contribution is 5.80. The molecule has 1 aromatic rings. The molecule has 2 atom stereocenters. The Morgan fingerprint density at radius 3 is 2.77 bits per heavy atom. The molecule has 4 aliphatic rings. The molecule has 8 nitrogen and oxygen atoms in total. The van der Waals surface area contributed by atoms with Crippen LogP contribution in [0.2, 0.25) is 0 Å². The number of nitrogens with one attached hydrogen (secondary N) is 1. The fourth-order valence-corrected chi connectivity index (χ4v) is 4.17. The average Bonchev–Trinajstić information content (AvgIpc) is 3.13. The molecular weight excluding hydrogens is 330 g/mol. The number of hydrogen-bond donors (Lipinski definition) is 1. The predicted octanol–water partition coefficient (Wildman–Crippen LogP) is -0.241. The van der Waals surface area contributed by atoms with Crippen LogP contribution in [0.4, 0.5) is 0 Å². The third-order valence-electron chi connectivity index (χ3n) is 5.64. The lowest BCUT2D eigenvalue weighted by Crippen LogP contribution is -2.62. The van der Waals surface area contributed by atoms with Gasteiger partial charge in [0, 0.05) is 70.7 Å². The van der Waals surface area contributed by atoms with E-state index in [-0.39, 0.29) is 6.10 Å². The van der Waals surface area contributed by atoms with E-state index < -0.39 is 0 Å². The Hall–Kier alpha value is -1.64. The molecule has 0 aliphatic carbocycles. The van der Waals surface area contributed by atoms with Crippen molar-refractivity contribution in [3.63, 3.8) is 0 Å². The number of rotatable bonds is 4. The lowest BCUT2D eigenvalue weighted by atomic mass is 10.1. The number of morpholine rings is 1. The Labute approximate surface area is 155 Å². The molecule has 1 N–H and O–H groups in total. The van der Waals surface area contributed by atoms with Gasteiger partial charge in [0.05, 0.1) is 25.9 Å². The minimum absolute atomic E-state index is 0.0573. The Balaban J connectivity index is 1.41. The minimum Gasteiger partial charge on any atom is -0.370 e. The second kappa shape index (κ2) is 7.94. The number of piperazine rings is 3. The van der Waals surface area contributed by atoms with E-state index in [1.54, 1.807) is 0 Å². The maximum Gasteiger partial charge on any atom is 0.194 e. The van der Waals surface area contributed by atoms with Crippen LogP contribution >= 0.6 is 0 Å². The largest absolute Gasteiger partial charge is 0.370 e. The van der Waals surface area contributed by atoms with Crippen molar-refractivity contribution < 1.29 is 4.74 Å². The van der Waals surface area contributed by atoms with Crippen LogP contribution in [0.25, 0.3) is 0 Å². The first-order valence-corrected chi connectivity index (χ1v) is 9.82. The van der Waals surface area contributed by atoms with Crippen LogP contribution in [0.5, 0.6) is 0 Å². The molecule has 2 bridgehead atoms. The third-order valence-corrected chi connectivity index (χ3v) is 5.64. The van der Waals surface area contributed by atoms with E-state index in [1.807, 2.05) is 24.1 Å². The molecule has 0 aromatic carbocycles. The van der Waals surface area contributed by atoms with Crippen LogP contribution in [0.3, 0.4) is 0 Å². The van der Waals surface area contributed by atoms with Gasteiger partial charge in [0.25, 0.3) is 0 Å². The zero-order valence-electron chi connectivity index (χ0n) is 16.0. The van der Waals surface area contributed by atoms with Crippen molar-refractivity contribution in [2.45, 2.75) is 19.1 Å². The van der Waals surface area contributed by atoms with E-state index in [1.165, 1.54) is 26.2 Å². The summed E-state index contributed by atoms with van der Waals surface area (Å²) in [5, 5.41) is 7.76. The quantitative estimate of drug-likeness (QED) is 0.590. The molecule has 0 spiro atoms. The summed E-state index contributed by atoms with van der Waals surface area (Å²) in [5.74, 6) is 1.02. The number of fused-ring (bicyclic) bond motifs is 3. The number of aromatic nitrogens is 2. The first-order valence-electron chi connectivity index (χ1n) is 9.82. The highest BCUT2D eigenvalue weighted by Crippen LogP contribution is 2.22. The summed E-state index contributed by atoms with van der Waals surface area (Å²) in [7, 11) is 1.94. The normalized spacial score (nSPS) is 32.1. The Morgan fingerprint density at radius 1 is 1.27 bits per heavy atom. The molecule has 4 saturated heterocycles. The highest BCUT2D eigenvalue weighted by Gasteiger charge is 2.32. The molecule has 0 amide bonds. The summed E-state index contributed by atoms with van der Waals surface area (Å²) in [6, 6.07) is 0.557. The second-order valence-corrected chi connectivity index (χ2v) is 7.44. The van der Waals surface area contributed by atoms with E-state index >= 15 is 0 Å². The molecule has 2 unspecified atom stereocenters. The van der Waals surface area contributed by atoms with Crippen LogP contribution in [-0.4, -0.2) is 102 Å². The summed E-state index contributed by atoms with van der Waals surface area (Å²) in [6.07, 6.45) is 4.00. The van der Waals surface area contributed by atoms with Crippen LogP contribution in [-0.2, 0) is 11.8 Å². The van der Waals surface area contributed by atoms with Crippen molar-refractivity contribution in [2.75, 3.05) is 65.5 Å². The fraction of sp³-hybridized carbons (Fsp3) is 0.778. The third kappa shape index (κ3) is 3.87. The highest BCUT2D eigenvalue weighted by atomic mass is 16.5. The van der Waals surface area contributed by atoms with Crippen molar-refractivity contribution >= 4 is 5.96 Å². The Bertz CT molecular complexity index is 623. The minimum atomic E-state index is 0.0573. The molecule has 0 saturated carbocycles. The summed E-state index contributed by atoms with van der Waals surface area (Å²) >= 11 is 0. The van der Waals surface area contributed by atoms with Crippen LogP contribution < -0.4 is 5.32 Å². The summed E-state index contributed by atoms with van der Waals surface area (Å²) < 4.78 is 7.81. The Kier molecular flexibility index (Phi) is 5.42. The van der Waals surface area contributed by atoms with Gasteiger partial charge < -0.3 is 15.0 Å². The van der Waals surface area contributed by atoms with Gasteiger partial charge in [0.2, 0.25) is 0 Å². The monoisotopic (exact) mass is 361 g/mol. The smallest absolute Gasteiger partial charge is 0.194 e. The van der Waals surface area contributed by atoms with Crippen LogP contribution in [0.15, 0.2) is 17.4 Å². The summed E-state index contributed by atoms with van der Waals surface area (Å²) in [4.78, 5) is 12.5. The van der Waals surface area contributed by atoms with E-state index in [2.05, 4.69) is 32.0 Å². The van der Waals surface area contributed by atoms with Crippen molar-refractivity contribution in [3.8, 4) is 0 Å². The maximum atomic E-state index is 5.98. The average molecular weight is 361 g/mol. The predicted molar refractivity (Wildman–Crippen MR) is 101 cm³/mol. The van der Waals surface area contributed by atoms with Crippen molar-refractivity contribution in [3.05, 3.63) is 18.0 Å². The molecule has 0 radical (unpaired) electrons. The molecule has 26 heavy (non-hydrogen) atoms. The molecular formula is C18H31N7O. The lowest BCUT2D eigenvalue weighted by molar-refractivity contribution is -0.00839. The molecule has 5 rings (SSSR count). The van der Waals surface area contributed by atoms with E-state index in [0.29, 0.717) is 12.6 Å². The van der Waals surface area contributed by atoms with E-state index in [9.17, 15) is 0 Å². The van der Waals surface area contributed by atoms with Crippen molar-refractivity contribution in [1.82, 2.24) is 29.8 Å². The SMILES string of the molecule is CCNC(=NCC1CN2CCN1CC2)N1CCOC(c2cnn(C)c2)C1. The molecule has 1 aromatic heterocycles. The topological polar surface area (TPSA) is 61.2 Å². The molecule has 144 valence electrons. The summed E-state index contributed by atoms with van der Waals surface area (Å²) in [5.41, 5.74) is 1.14. The standard InChI is InChI=1S/C18H31N7O/c1-3-19-18(20-11-16-13-23-4-6-24(16)7-5-23)25-8-9-26-17(14-25)15-10-21-22(2)12-15/h10,12,16-17H,3-9,11,13-14H2,1-2H3,(H,19,20). The lowest BCUT2D eigenvalue weighted by Gasteiger charge is -2.47.